The number of hydrogen-bond donors (Lipinski definition) is 3. The van der Waals surface area contributed by atoms with E-state index < -0.39 is 0 Å². The molecule has 2 heterocycles. The van der Waals surface area contributed by atoms with Crippen molar-refractivity contribution in [1.29, 1.82) is 0 Å². The second kappa shape index (κ2) is 7.28. The molecule has 5 nitrogen and oxygen atoms in total. The molecule has 1 atom stereocenters. The van der Waals surface area contributed by atoms with E-state index >= 15 is 0 Å². The number of aliphatic hydroxyl groups excluding tert-OH is 1. The van der Waals surface area contributed by atoms with Crippen LogP contribution in [0.15, 0.2) is 5.38 Å². The molecule has 1 saturated heterocycles. The Morgan fingerprint density at radius 3 is 2.61 bits per heavy atom. The highest BCUT2D eigenvalue weighted by atomic mass is 32.1. The first-order chi connectivity index (χ1) is 11.0. The minimum atomic E-state index is -0.187. The zero-order valence-electron chi connectivity index (χ0n) is 13.9. The number of amides is 1. The maximum absolute atomic E-state index is 12.6. The Balaban J connectivity index is 1.67. The second-order valence-corrected chi connectivity index (χ2v) is 8.06. The van der Waals surface area contributed by atoms with Crippen LogP contribution >= 0.6 is 11.3 Å². The van der Waals surface area contributed by atoms with Crippen LogP contribution in [-0.2, 0) is 0 Å². The number of piperidine rings is 1. The van der Waals surface area contributed by atoms with Crippen molar-refractivity contribution in [3.8, 4) is 0 Å². The Kier molecular flexibility index (Phi) is 5.34. The standard InChI is InChI=1S/C17H27N3O2S/c1-10(2)14-9-23-17(19-14)16(22)20-15(12-7-13(21)8-12)11-3-5-18-6-4-11/h9-13,15,18,21H,3-8H2,1-2H3,(H,20,22)/t12?,13?,15-/m0/s1. The largest absolute Gasteiger partial charge is 0.393 e. The molecule has 128 valence electrons. The highest BCUT2D eigenvalue weighted by Crippen LogP contribution is 2.36. The van der Waals surface area contributed by atoms with Crippen LogP contribution in [0.5, 0.6) is 0 Å². The molecule has 1 saturated carbocycles. The molecule has 1 aromatic heterocycles. The number of thiazole rings is 1. The van der Waals surface area contributed by atoms with Gasteiger partial charge < -0.3 is 15.7 Å². The van der Waals surface area contributed by atoms with Crippen molar-refractivity contribution in [3.63, 3.8) is 0 Å². The van der Waals surface area contributed by atoms with Gasteiger partial charge >= 0.3 is 0 Å². The number of hydrogen-bond acceptors (Lipinski definition) is 5. The SMILES string of the molecule is CC(C)c1csc(C(=O)N[C@@H](C2CCNCC2)C2CC(O)C2)n1. The van der Waals surface area contributed by atoms with Gasteiger partial charge in [-0.1, -0.05) is 13.8 Å². The number of nitrogens with one attached hydrogen (secondary N) is 2. The Morgan fingerprint density at radius 1 is 1.35 bits per heavy atom. The summed E-state index contributed by atoms with van der Waals surface area (Å²) in [6, 6.07) is 0.166. The zero-order valence-corrected chi connectivity index (χ0v) is 14.7. The third-order valence-electron chi connectivity index (χ3n) is 5.15. The van der Waals surface area contributed by atoms with Crippen LogP contribution in [0.4, 0.5) is 0 Å². The first kappa shape index (κ1) is 16.9. The molecule has 0 aromatic carbocycles. The van der Waals surface area contributed by atoms with E-state index in [0.29, 0.717) is 22.8 Å². The average molecular weight is 337 g/mol. The van der Waals surface area contributed by atoms with Gasteiger partial charge in [0.2, 0.25) is 0 Å². The van der Waals surface area contributed by atoms with Crippen LogP contribution in [-0.4, -0.2) is 41.2 Å². The highest BCUT2D eigenvalue weighted by Gasteiger charge is 2.39. The summed E-state index contributed by atoms with van der Waals surface area (Å²) >= 11 is 1.43. The van der Waals surface area contributed by atoms with E-state index in [9.17, 15) is 9.90 Å². The van der Waals surface area contributed by atoms with Gasteiger partial charge in [-0.25, -0.2) is 4.98 Å². The van der Waals surface area contributed by atoms with Crippen molar-refractivity contribution in [1.82, 2.24) is 15.6 Å². The minimum absolute atomic E-state index is 0.0492. The van der Waals surface area contributed by atoms with Gasteiger partial charge in [-0.05, 0) is 56.5 Å². The molecule has 6 heteroatoms. The first-order valence-corrected chi connectivity index (χ1v) is 9.57. The predicted molar refractivity (Wildman–Crippen MR) is 91.8 cm³/mol. The smallest absolute Gasteiger partial charge is 0.280 e. The van der Waals surface area contributed by atoms with Crippen molar-refractivity contribution in [2.75, 3.05) is 13.1 Å². The third-order valence-corrected chi connectivity index (χ3v) is 6.01. The van der Waals surface area contributed by atoms with Crippen LogP contribution in [0.3, 0.4) is 0 Å². The van der Waals surface area contributed by atoms with E-state index in [2.05, 4.69) is 29.5 Å². The van der Waals surface area contributed by atoms with Gasteiger partial charge in [-0.2, -0.15) is 0 Å². The fourth-order valence-corrected chi connectivity index (χ4v) is 4.50. The molecule has 0 spiro atoms. The molecular formula is C17H27N3O2S. The summed E-state index contributed by atoms with van der Waals surface area (Å²) in [5, 5.41) is 18.8. The molecule has 1 aliphatic carbocycles. The lowest BCUT2D eigenvalue weighted by atomic mass is 9.71. The van der Waals surface area contributed by atoms with Crippen molar-refractivity contribution in [2.45, 2.75) is 57.6 Å². The van der Waals surface area contributed by atoms with Crippen LogP contribution in [0.2, 0.25) is 0 Å². The van der Waals surface area contributed by atoms with Gasteiger partial charge in [0.15, 0.2) is 5.01 Å². The van der Waals surface area contributed by atoms with Gasteiger partial charge in [-0.15, -0.1) is 11.3 Å². The number of carbonyl (C=O) groups excluding carboxylic acids is 1. The Labute approximate surface area is 141 Å². The molecule has 2 fully saturated rings. The van der Waals surface area contributed by atoms with Crippen LogP contribution in [0.25, 0.3) is 0 Å². The van der Waals surface area contributed by atoms with E-state index in [0.717, 1.165) is 44.5 Å². The molecule has 3 N–H and O–H groups in total. The van der Waals surface area contributed by atoms with Crippen LogP contribution < -0.4 is 10.6 Å². The molecule has 0 radical (unpaired) electrons. The van der Waals surface area contributed by atoms with E-state index in [1.807, 2.05) is 5.38 Å². The summed E-state index contributed by atoms with van der Waals surface area (Å²) in [5.41, 5.74) is 0.984. The number of aliphatic hydroxyl groups is 1. The average Bonchev–Trinajstić information content (AvgIpc) is 3.01. The number of rotatable bonds is 5. The van der Waals surface area contributed by atoms with Gasteiger partial charge in [-0.3, -0.25) is 4.79 Å². The number of nitrogens with zero attached hydrogens (tertiary/aromatic N) is 1. The Morgan fingerprint density at radius 2 is 2.04 bits per heavy atom. The van der Waals surface area contributed by atoms with Crippen molar-refractivity contribution < 1.29 is 9.90 Å². The van der Waals surface area contributed by atoms with Crippen LogP contribution in [0.1, 0.15) is 60.9 Å². The van der Waals surface area contributed by atoms with E-state index in [4.69, 9.17) is 0 Å². The summed E-state index contributed by atoms with van der Waals surface area (Å²) in [6.07, 6.45) is 3.61. The number of carbonyl (C=O) groups is 1. The highest BCUT2D eigenvalue weighted by molar-refractivity contribution is 7.11. The van der Waals surface area contributed by atoms with E-state index in [1.165, 1.54) is 11.3 Å². The molecule has 23 heavy (non-hydrogen) atoms. The first-order valence-electron chi connectivity index (χ1n) is 8.69. The maximum atomic E-state index is 12.6. The van der Waals surface area contributed by atoms with Crippen LogP contribution in [0, 0.1) is 11.8 Å². The molecule has 0 bridgehead atoms. The quantitative estimate of drug-likeness (QED) is 0.769. The molecule has 1 aliphatic heterocycles. The third kappa shape index (κ3) is 3.92. The fraction of sp³-hybridized carbons (Fsp3) is 0.765. The normalized spacial score (nSPS) is 26.8. The molecule has 0 unspecified atom stereocenters. The molecule has 2 aliphatic rings. The topological polar surface area (TPSA) is 74.2 Å². The molecule has 1 amide bonds. The fourth-order valence-electron chi connectivity index (χ4n) is 3.62. The zero-order chi connectivity index (χ0) is 16.4. The van der Waals surface area contributed by atoms with Gasteiger partial charge in [0, 0.05) is 11.4 Å². The predicted octanol–water partition coefficient (Wildman–Crippen LogP) is 2.14. The van der Waals surface area contributed by atoms with Gasteiger partial charge in [0.05, 0.1) is 11.8 Å². The van der Waals surface area contributed by atoms with E-state index in [-0.39, 0.29) is 18.1 Å². The molecular weight excluding hydrogens is 310 g/mol. The van der Waals surface area contributed by atoms with Gasteiger partial charge in [0.25, 0.3) is 5.91 Å². The van der Waals surface area contributed by atoms with E-state index in [1.54, 1.807) is 0 Å². The minimum Gasteiger partial charge on any atom is -0.393 e. The number of aromatic nitrogens is 1. The van der Waals surface area contributed by atoms with Gasteiger partial charge in [0.1, 0.15) is 0 Å². The second-order valence-electron chi connectivity index (χ2n) is 7.20. The summed E-state index contributed by atoms with van der Waals surface area (Å²) in [6.45, 7) is 6.21. The monoisotopic (exact) mass is 337 g/mol. The lowest BCUT2D eigenvalue weighted by Gasteiger charge is -2.43. The van der Waals surface area contributed by atoms with Crippen molar-refractivity contribution in [2.24, 2.45) is 11.8 Å². The molecule has 3 rings (SSSR count). The summed E-state index contributed by atoms with van der Waals surface area (Å²) in [7, 11) is 0. The van der Waals surface area contributed by atoms with Crippen molar-refractivity contribution >= 4 is 17.2 Å². The maximum Gasteiger partial charge on any atom is 0.280 e. The molecule has 1 aromatic rings. The summed E-state index contributed by atoms with van der Waals surface area (Å²) in [4.78, 5) is 17.1. The lowest BCUT2D eigenvalue weighted by Crippen LogP contribution is -2.52. The Hall–Kier alpha value is -0.980. The summed E-state index contributed by atoms with van der Waals surface area (Å²) < 4.78 is 0. The summed E-state index contributed by atoms with van der Waals surface area (Å²) in [5.74, 6) is 1.20. The lowest BCUT2D eigenvalue weighted by molar-refractivity contribution is 0.00918. The van der Waals surface area contributed by atoms with Crippen molar-refractivity contribution in [3.05, 3.63) is 16.1 Å². The Bertz CT molecular complexity index is 534.